The number of amides is 1. The Morgan fingerprint density at radius 2 is 2.05 bits per heavy atom. The normalized spacial score (nSPS) is 26.0. The highest BCUT2D eigenvalue weighted by Crippen LogP contribution is 2.63. The fourth-order valence-corrected chi connectivity index (χ4v) is 2.82. The second-order valence-corrected chi connectivity index (χ2v) is 7.28. The molecule has 0 unspecified atom stereocenters. The standard InChI is InChI=1S/C14H15Cl2F2NO2/c1-12(6-14(12,15)16)11(20)19-7-13(2,21)9-4-3-8(17)5-10(9)18/h3-5,21H,6-7H2,1-2H3,(H,19,20)/t12-,13-/m0/s1. The largest absolute Gasteiger partial charge is 0.383 e. The van der Waals surface area contributed by atoms with Crippen molar-refractivity contribution >= 4 is 29.1 Å². The molecule has 1 saturated carbocycles. The summed E-state index contributed by atoms with van der Waals surface area (Å²) in [5, 5.41) is 12.8. The minimum atomic E-state index is -1.68. The van der Waals surface area contributed by atoms with Gasteiger partial charge in [0.05, 0.1) is 12.0 Å². The Bertz CT molecular complexity index is 592. The van der Waals surface area contributed by atoms with Crippen molar-refractivity contribution in [1.82, 2.24) is 5.32 Å². The highest BCUT2D eigenvalue weighted by molar-refractivity contribution is 6.53. The summed E-state index contributed by atoms with van der Waals surface area (Å²) in [6.07, 6.45) is 0.308. The van der Waals surface area contributed by atoms with Crippen LogP contribution in [0.5, 0.6) is 0 Å². The number of alkyl halides is 2. The lowest BCUT2D eigenvalue weighted by Crippen LogP contribution is -2.42. The van der Waals surface area contributed by atoms with Crippen molar-refractivity contribution in [2.75, 3.05) is 6.54 Å². The van der Waals surface area contributed by atoms with Crippen LogP contribution in [-0.2, 0) is 10.4 Å². The van der Waals surface area contributed by atoms with E-state index in [0.717, 1.165) is 12.1 Å². The zero-order chi connectivity index (χ0) is 16.1. The van der Waals surface area contributed by atoms with Crippen LogP contribution in [0, 0.1) is 17.0 Å². The molecule has 0 aliphatic heterocycles. The second kappa shape index (κ2) is 5.07. The molecule has 0 spiro atoms. The molecule has 0 radical (unpaired) electrons. The van der Waals surface area contributed by atoms with E-state index in [0.29, 0.717) is 12.5 Å². The molecule has 1 amide bonds. The molecule has 1 fully saturated rings. The van der Waals surface area contributed by atoms with Gasteiger partial charge < -0.3 is 10.4 Å². The highest BCUT2D eigenvalue weighted by atomic mass is 35.5. The zero-order valence-corrected chi connectivity index (χ0v) is 13.0. The Balaban J connectivity index is 2.07. The molecular formula is C14H15Cl2F2NO2. The summed E-state index contributed by atoms with van der Waals surface area (Å²) in [7, 11) is 0. The highest BCUT2D eigenvalue weighted by Gasteiger charge is 2.67. The fraction of sp³-hybridized carbons (Fsp3) is 0.500. The molecule has 7 heteroatoms. The number of aliphatic hydroxyl groups is 1. The van der Waals surface area contributed by atoms with Crippen LogP contribution >= 0.6 is 23.2 Å². The molecule has 2 rings (SSSR count). The first-order valence-corrected chi connectivity index (χ1v) is 7.09. The van der Waals surface area contributed by atoms with Gasteiger partial charge in [0, 0.05) is 11.6 Å². The number of nitrogens with one attached hydrogen (secondary N) is 1. The summed E-state index contributed by atoms with van der Waals surface area (Å²) in [6, 6.07) is 2.86. The molecule has 21 heavy (non-hydrogen) atoms. The minimum absolute atomic E-state index is 0.104. The molecule has 116 valence electrons. The van der Waals surface area contributed by atoms with Gasteiger partial charge in [0.2, 0.25) is 5.91 Å². The van der Waals surface area contributed by atoms with Crippen molar-refractivity contribution in [3.63, 3.8) is 0 Å². The number of benzene rings is 1. The minimum Gasteiger partial charge on any atom is -0.383 e. The lowest BCUT2D eigenvalue weighted by atomic mass is 9.95. The summed E-state index contributed by atoms with van der Waals surface area (Å²) in [6.45, 7) is 2.69. The quantitative estimate of drug-likeness (QED) is 0.830. The van der Waals surface area contributed by atoms with Gasteiger partial charge in [-0.15, -0.1) is 23.2 Å². The maximum Gasteiger partial charge on any atom is 0.229 e. The number of rotatable bonds is 4. The Hall–Kier alpha value is -0.910. The van der Waals surface area contributed by atoms with Gasteiger partial charge in [0.15, 0.2) is 0 Å². The lowest BCUT2D eigenvalue weighted by molar-refractivity contribution is -0.127. The number of carbonyl (C=O) groups excluding carboxylic acids is 1. The Morgan fingerprint density at radius 3 is 2.52 bits per heavy atom. The molecule has 0 saturated heterocycles. The van der Waals surface area contributed by atoms with Crippen LogP contribution in [-0.4, -0.2) is 21.9 Å². The average Bonchev–Trinajstić information content (AvgIpc) is 2.86. The molecule has 0 aromatic heterocycles. The van der Waals surface area contributed by atoms with Crippen LogP contribution in [0.1, 0.15) is 25.8 Å². The summed E-state index contributed by atoms with van der Waals surface area (Å²) in [4.78, 5) is 12.0. The van der Waals surface area contributed by atoms with Crippen molar-refractivity contribution < 1.29 is 18.7 Å². The Kier molecular flexibility index (Phi) is 3.98. The lowest BCUT2D eigenvalue weighted by Gasteiger charge is -2.26. The molecule has 1 aromatic rings. The predicted molar refractivity (Wildman–Crippen MR) is 76.1 cm³/mol. The monoisotopic (exact) mass is 337 g/mol. The molecule has 1 aliphatic carbocycles. The maximum absolute atomic E-state index is 13.7. The van der Waals surface area contributed by atoms with E-state index in [9.17, 15) is 18.7 Å². The summed E-state index contributed by atoms with van der Waals surface area (Å²) >= 11 is 11.8. The molecule has 1 aliphatic rings. The van der Waals surface area contributed by atoms with Crippen LogP contribution in [0.3, 0.4) is 0 Å². The molecule has 0 heterocycles. The smallest absolute Gasteiger partial charge is 0.229 e. The van der Waals surface area contributed by atoms with E-state index in [-0.39, 0.29) is 12.1 Å². The van der Waals surface area contributed by atoms with Gasteiger partial charge in [0.25, 0.3) is 0 Å². The number of hydrogen-bond donors (Lipinski definition) is 2. The number of hydrogen-bond acceptors (Lipinski definition) is 2. The molecular weight excluding hydrogens is 323 g/mol. The summed E-state index contributed by atoms with van der Waals surface area (Å²) < 4.78 is 25.4. The van der Waals surface area contributed by atoms with E-state index in [1.54, 1.807) is 6.92 Å². The van der Waals surface area contributed by atoms with E-state index in [1.807, 2.05) is 0 Å². The van der Waals surface area contributed by atoms with Gasteiger partial charge >= 0.3 is 0 Å². The maximum atomic E-state index is 13.7. The van der Waals surface area contributed by atoms with Gasteiger partial charge in [-0.3, -0.25) is 4.79 Å². The van der Waals surface area contributed by atoms with Crippen molar-refractivity contribution in [3.05, 3.63) is 35.4 Å². The van der Waals surface area contributed by atoms with E-state index < -0.39 is 32.9 Å². The first kappa shape index (κ1) is 16.5. The van der Waals surface area contributed by atoms with Crippen LogP contribution in [0.4, 0.5) is 8.78 Å². The third-order valence-electron chi connectivity index (χ3n) is 3.86. The molecule has 2 atom stereocenters. The first-order valence-electron chi connectivity index (χ1n) is 6.34. The third kappa shape index (κ3) is 3.00. The molecule has 0 bridgehead atoms. The van der Waals surface area contributed by atoms with E-state index in [4.69, 9.17) is 23.2 Å². The van der Waals surface area contributed by atoms with Crippen LogP contribution < -0.4 is 5.32 Å². The first-order chi connectivity index (χ1) is 9.49. The molecule has 2 N–H and O–H groups in total. The summed E-state index contributed by atoms with van der Waals surface area (Å²) in [5.41, 5.74) is -2.71. The number of halogens is 4. The third-order valence-corrected chi connectivity index (χ3v) is 4.97. The average molecular weight is 338 g/mol. The second-order valence-electron chi connectivity index (χ2n) is 5.79. The van der Waals surface area contributed by atoms with Crippen LogP contribution in [0.15, 0.2) is 18.2 Å². The van der Waals surface area contributed by atoms with Crippen molar-refractivity contribution in [2.45, 2.75) is 30.2 Å². The fourth-order valence-electron chi connectivity index (χ4n) is 2.12. The van der Waals surface area contributed by atoms with Crippen LogP contribution in [0.25, 0.3) is 0 Å². The van der Waals surface area contributed by atoms with Crippen molar-refractivity contribution in [1.29, 1.82) is 0 Å². The molecule has 1 aromatic carbocycles. The van der Waals surface area contributed by atoms with Gasteiger partial charge in [-0.05, 0) is 26.3 Å². The van der Waals surface area contributed by atoms with Gasteiger partial charge in [0.1, 0.15) is 21.6 Å². The van der Waals surface area contributed by atoms with E-state index in [1.165, 1.54) is 6.92 Å². The van der Waals surface area contributed by atoms with Crippen molar-refractivity contribution in [2.24, 2.45) is 5.41 Å². The number of carbonyl (C=O) groups is 1. The zero-order valence-electron chi connectivity index (χ0n) is 11.5. The predicted octanol–water partition coefficient (Wildman–Crippen LogP) is 2.87. The summed E-state index contributed by atoms with van der Waals surface area (Å²) in [5.74, 6) is -2.04. The van der Waals surface area contributed by atoms with E-state index in [2.05, 4.69) is 5.32 Å². The molecule has 3 nitrogen and oxygen atoms in total. The SMILES string of the molecule is C[C@](O)(CNC(=O)[C@]1(C)CC1(Cl)Cl)c1ccc(F)cc1F. The Morgan fingerprint density at radius 1 is 1.48 bits per heavy atom. The van der Waals surface area contributed by atoms with Crippen molar-refractivity contribution in [3.8, 4) is 0 Å². The van der Waals surface area contributed by atoms with Gasteiger partial charge in [-0.2, -0.15) is 0 Å². The van der Waals surface area contributed by atoms with Gasteiger partial charge in [-0.1, -0.05) is 6.07 Å². The Labute approximate surface area is 131 Å². The van der Waals surface area contributed by atoms with Gasteiger partial charge in [-0.25, -0.2) is 8.78 Å². The topological polar surface area (TPSA) is 49.3 Å². The van der Waals surface area contributed by atoms with E-state index >= 15 is 0 Å². The van der Waals surface area contributed by atoms with Crippen LogP contribution in [0.2, 0.25) is 0 Å².